The van der Waals surface area contributed by atoms with Gasteiger partial charge in [0.25, 0.3) is 0 Å². The lowest BCUT2D eigenvalue weighted by Gasteiger charge is -1.98. The van der Waals surface area contributed by atoms with Gasteiger partial charge in [-0.2, -0.15) is 0 Å². The molecule has 0 rings (SSSR count). The molecule has 0 amide bonds. The van der Waals surface area contributed by atoms with Crippen LogP contribution in [0.5, 0.6) is 0 Å². The van der Waals surface area contributed by atoms with Gasteiger partial charge in [-0.15, -0.1) is 0 Å². The van der Waals surface area contributed by atoms with Gasteiger partial charge in [-0.25, -0.2) is 0 Å². The topological polar surface area (TPSA) is 0 Å². The van der Waals surface area contributed by atoms with Crippen LogP contribution in [0.2, 0.25) is 0 Å². The Hall–Kier alpha value is -0.780. The smallest absolute Gasteiger partial charge is 0.0348 e. The van der Waals surface area contributed by atoms with Crippen LogP contribution in [-0.2, 0) is 0 Å². The van der Waals surface area contributed by atoms with Gasteiger partial charge >= 0.3 is 0 Å². The minimum atomic E-state index is 1.10. The molecule has 0 atom stereocenters. The van der Waals surface area contributed by atoms with E-state index in [0.717, 1.165) is 6.42 Å². The molecule has 0 nitrogen and oxygen atoms in total. The highest BCUT2D eigenvalue weighted by atomic mass is 13.9. The molecule has 0 fully saturated rings. The van der Waals surface area contributed by atoms with E-state index in [4.69, 9.17) is 0 Å². The first kappa shape index (κ1) is 14.2. The van der Waals surface area contributed by atoms with Crippen LogP contribution in [0.1, 0.15) is 51.4 Å². The summed E-state index contributed by atoms with van der Waals surface area (Å²) >= 11 is 0. The average Bonchev–Trinajstić information content (AvgIpc) is 2.26. The SMILES string of the molecule is [CH2]CCCCCCCCC=CC=CC=C. The minimum absolute atomic E-state index is 1.10. The Labute approximate surface area is 95.8 Å². The van der Waals surface area contributed by atoms with Crippen LogP contribution in [0, 0.1) is 6.92 Å². The molecule has 0 aromatic heterocycles. The fraction of sp³-hybridized carbons (Fsp3) is 0.533. The van der Waals surface area contributed by atoms with Gasteiger partial charge in [-0.1, -0.05) is 82.4 Å². The first-order chi connectivity index (χ1) is 7.41. The van der Waals surface area contributed by atoms with Crippen LogP contribution >= 0.6 is 0 Å². The van der Waals surface area contributed by atoms with E-state index in [1.165, 1.54) is 44.9 Å². The van der Waals surface area contributed by atoms with Crippen molar-refractivity contribution in [3.63, 3.8) is 0 Å². The molecule has 0 aliphatic carbocycles. The van der Waals surface area contributed by atoms with Gasteiger partial charge in [0.05, 0.1) is 0 Å². The van der Waals surface area contributed by atoms with Gasteiger partial charge in [0.1, 0.15) is 0 Å². The molecule has 85 valence electrons. The van der Waals surface area contributed by atoms with E-state index in [2.05, 4.69) is 25.7 Å². The van der Waals surface area contributed by atoms with E-state index >= 15 is 0 Å². The Morgan fingerprint density at radius 2 is 1.40 bits per heavy atom. The second-order valence-corrected chi connectivity index (χ2v) is 3.81. The molecule has 0 N–H and O–H groups in total. The van der Waals surface area contributed by atoms with Gasteiger partial charge in [0.15, 0.2) is 0 Å². The van der Waals surface area contributed by atoms with Crippen molar-refractivity contribution in [3.8, 4) is 0 Å². The zero-order valence-electron chi connectivity index (χ0n) is 9.96. The van der Waals surface area contributed by atoms with Crippen LogP contribution in [0.4, 0.5) is 0 Å². The Morgan fingerprint density at radius 3 is 2.07 bits per heavy atom. The van der Waals surface area contributed by atoms with Crippen molar-refractivity contribution < 1.29 is 0 Å². The number of hydrogen-bond acceptors (Lipinski definition) is 0. The van der Waals surface area contributed by atoms with Crippen LogP contribution in [-0.4, -0.2) is 0 Å². The largest absolute Gasteiger partial charge is 0.0991 e. The predicted octanol–water partition coefficient (Wildman–Crippen LogP) is 5.24. The lowest BCUT2D eigenvalue weighted by molar-refractivity contribution is 0.599. The number of allylic oxidation sites excluding steroid dienone is 5. The summed E-state index contributed by atoms with van der Waals surface area (Å²) in [6, 6.07) is 0. The molecule has 0 aliphatic heterocycles. The molecule has 0 bridgehead atoms. The molecular formula is C15H25. The molecule has 0 saturated carbocycles. The third-order valence-corrected chi connectivity index (χ3v) is 2.37. The van der Waals surface area contributed by atoms with Crippen molar-refractivity contribution in [3.05, 3.63) is 43.9 Å². The molecule has 0 heterocycles. The highest BCUT2D eigenvalue weighted by molar-refractivity contribution is 5.08. The van der Waals surface area contributed by atoms with E-state index < -0.39 is 0 Å². The first-order valence-corrected chi connectivity index (χ1v) is 6.15. The van der Waals surface area contributed by atoms with Crippen molar-refractivity contribution >= 4 is 0 Å². The molecular weight excluding hydrogens is 180 g/mol. The van der Waals surface area contributed by atoms with Crippen molar-refractivity contribution in [2.75, 3.05) is 0 Å². The summed E-state index contributed by atoms with van der Waals surface area (Å²) in [6.07, 6.45) is 20.5. The van der Waals surface area contributed by atoms with Crippen molar-refractivity contribution in [2.24, 2.45) is 0 Å². The maximum Gasteiger partial charge on any atom is -0.0348 e. The quantitative estimate of drug-likeness (QED) is 0.338. The Morgan fingerprint density at radius 1 is 0.733 bits per heavy atom. The molecule has 0 unspecified atom stereocenters. The third-order valence-electron chi connectivity index (χ3n) is 2.37. The standard InChI is InChI=1S/C15H25/c1-3-5-7-9-11-13-15-14-12-10-8-6-4-2/h3,5,7,9,11H,1-2,4,6,8,10,12-15H2. The van der Waals surface area contributed by atoms with Crippen LogP contribution in [0.25, 0.3) is 0 Å². The summed E-state index contributed by atoms with van der Waals surface area (Å²) in [6.45, 7) is 7.46. The van der Waals surface area contributed by atoms with E-state index in [-0.39, 0.29) is 0 Å². The Balaban J connectivity index is 3.07. The zero-order valence-corrected chi connectivity index (χ0v) is 9.96. The van der Waals surface area contributed by atoms with Crippen molar-refractivity contribution in [1.29, 1.82) is 0 Å². The van der Waals surface area contributed by atoms with E-state index in [9.17, 15) is 0 Å². The zero-order chi connectivity index (χ0) is 11.2. The Kier molecular flexibility index (Phi) is 12.5. The molecule has 0 heteroatoms. The number of rotatable bonds is 10. The molecule has 15 heavy (non-hydrogen) atoms. The summed E-state index contributed by atoms with van der Waals surface area (Å²) in [5.74, 6) is 0. The minimum Gasteiger partial charge on any atom is -0.0991 e. The summed E-state index contributed by atoms with van der Waals surface area (Å²) in [7, 11) is 0. The monoisotopic (exact) mass is 205 g/mol. The van der Waals surface area contributed by atoms with E-state index in [1.54, 1.807) is 6.08 Å². The molecule has 0 spiro atoms. The molecule has 0 aliphatic rings. The van der Waals surface area contributed by atoms with Gasteiger partial charge in [0.2, 0.25) is 0 Å². The number of unbranched alkanes of at least 4 members (excludes halogenated alkanes) is 7. The van der Waals surface area contributed by atoms with Crippen LogP contribution in [0.3, 0.4) is 0 Å². The van der Waals surface area contributed by atoms with E-state index in [1.807, 2.05) is 12.2 Å². The second kappa shape index (κ2) is 13.2. The van der Waals surface area contributed by atoms with Gasteiger partial charge < -0.3 is 0 Å². The molecule has 0 saturated heterocycles. The molecule has 0 aromatic carbocycles. The van der Waals surface area contributed by atoms with E-state index in [0.29, 0.717) is 0 Å². The van der Waals surface area contributed by atoms with Crippen molar-refractivity contribution in [1.82, 2.24) is 0 Å². The lowest BCUT2D eigenvalue weighted by Crippen LogP contribution is -1.78. The highest BCUT2D eigenvalue weighted by Gasteiger charge is 1.88. The fourth-order valence-corrected chi connectivity index (χ4v) is 1.46. The van der Waals surface area contributed by atoms with Crippen LogP contribution in [0.15, 0.2) is 37.0 Å². The summed E-state index contributed by atoms with van der Waals surface area (Å²) < 4.78 is 0. The molecule has 0 aromatic rings. The lowest BCUT2D eigenvalue weighted by atomic mass is 10.1. The van der Waals surface area contributed by atoms with Gasteiger partial charge in [-0.05, 0) is 12.8 Å². The average molecular weight is 205 g/mol. The van der Waals surface area contributed by atoms with Gasteiger partial charge in [-0.3, -0.25) is 0 Å². The maximum absolute atomic E-state index is 3.85. The predicted molar refractivity (Wildman–Crippen MR) is 70.8 cm³/mol. The normalized spacial score (nSPS) is 11.5. The third kappa shape index (κ3) is 13.2. The summed E-state index contributed by atoms with van der Waals surface area (Å²) in [4.78, 5) is 0. The molecule has 1 radical (unpaired) electrons. The second-order valence-electron chi connectivity index (χ2n) is 3.81. The van der Waals surface area contributed by atoms with Crippen molar-refractivity contribution in [2.45, 2.75) is 51.4 Å². The van der Waals surface area contributed by atoms with Crippen LogP contribution < -0.4 is 0 Å². The fourth-order valence-electron chi connectivity index (χ4n) is 1.46. The summed E-state index contributed by atoms with van der Waals surface area (Å²) in [5.41, 5.74) is 0. The maximum atomic E-state index is 3.85. The van der Waals surface area contributed by atoms with Gasteiger partial charge in [0, 0.05) is 0 Å². The highest BCUT2D eigenvalue weighted by Crippen LogP contribution is 2.08. The Bertz CT molecular complexity index is 174. The first-order valence-electron chi connectivity index (χ1n) is 6.15. The summed E-state index contributed by atoms with van der Waals surface area (Å²) in [5, 5.41) is 0. The number of hydrogen-bond donors (Lipinski definition) is 0.